The molecule has 17 heavy (non-hydrogen) atoms. The fourth-order valence-electron chi connectivity index (χ4n) is 2.51. The molecule has 2 rings (SSSR count). The zero-order chi connectivity index (χ0) is 12.3. The van der Waals surface area contributed by atoms with Gasteiger partial charge in [0.1, 0.15) is 11.6 Å². The first kappa shape index (κ1) is 12.5. The first-order valence-electron chi connectivity index (χ1n) is 6.42. The van der Waals surface area contributed by atoms with Crippen LogP contribution in [0.2, 0.25) is 0 Å². The summed E-state index contributed by atoms with van der Waals surface area (Å²) in [6, 6.07) is 0.505. The number of aliphatic hydroxyl groups excluding tert-OH is 1. The Balaban J connectivity index is 2.02. The Kier molecular flexibility index (Phi) is 4.12. The maximum absolute atomic E-state index is 9.10. The summed E-state index contributed by atoms with van der Waals surface area (Å²) < 4.78 is 2.05. The maximum atomic E-state index is 9.10. The van der Waals surface area contributed by atoms with Gasteiger partial charge in [0.05, 0.1) is 6.54 Å². The van der Waals surface area contributed by atoms with Gasteiger partial charge >= 0.3 is 0 Å². The maximum Gasteiger partial charge on any atom is 0.146 e. The lowest BCUT2D eigenvalue weighted by atomic mass is 10.00. The first-order valence-corrected chi connectivity index (χ1v) is 6.42. The molecule has 0 radical (unpaired) electrons. The van der Waals surface area contributed by atoms with Gasteiger partial charge in [0, 0.05) is 19.7 Å². The summed E-state index contributed by atoms with van der Waals surface area (Å²) in [6.07, 6.45) is 4.59. The minimum absolute atomic E-state index is 0.277. The van der Waals surface area contributed by atoms with E-state index in [2.05, 4.69) is 15.1 Å². The van der Waals surface area contributed by atoms with Gasteiger partial charge in [0.2, 0.25) is 0 Å². The lowest BCUT2D eigenvalue weighted by Crippen LogP contribution is -2.40. The van der Waals surface area contributed by atoms with E-state index >= 15 is 0 Å². The lowest BCUT2D eigenvalue weighted by molar-refractivity contribution is 0.109. The molecule has 96 valence electrons. The average molecular weight is 238 g/mol. The molecule has 2 heterocycles. The lowest BCUT2D eigenvalue weighted by Gasteiger charge is -2.35. The van der Waals surface area contributed by atoms with Crippen LogP contribution in [0, 0.1) is 6.92 Å². The molecule has 1 unspecified atom stereocenters. The minimum Gasteiger partial charge on any atom is -0.396 e. The van der Waals surface area contributed by atoms with Gasteiger partial charge in [-0.05, 0) is 32.7 Å². The van der Waals surface area contributed by atoms with Crippen LogP contribution < -0.4 is 0 Å². The molecule has 0 aliphatic carbocycles. The number of piperidine rings is 1. The summed E-state index contributed by atoms with van der Waals surface area (Å²) in [6.45, 7) is 4.20. The quantitative estimate of drug-likeness (QED) is 0.845. The number of likely N-dealkylation sites (tertiary alicyclic amines) is 1. The third-order valence-electron chi connectivity index (χ3n) is 3.74. The average Bonchev–Trinajstić information content (AvgIpc) is 2.64. The first-order chi connectivity index (χ1) is 8.22. The van der Waals surface area contributed by atoms with Gasteiger partial charge in [0.15, 0.2) is 0 Å². The SMILES string of the molecule is Cc1nnc(CN2CCCCC2CCO)n1C. The predicted octanol–water partition coefficient (Wildman–Crippen LogP) is 0.860. The molecule has 1 N–H and O–H groups in total. The van der Waals surface area contributed by atoms with Crippen LogP contribution in [0.25, 0.3) is 0 Å². The monoisotopic (exact) mass is 238 g/mol. The third kappa shape index (κ3) is 2.84. The Hall–Kier alpha value is -0.940. The molecule has 1 aliphatic rings. The number of nitrogens with zero attached hydrogens (tertiary/aromatic N) is 4. The van der Waals surface area contributed by atoms with Crippen molar-refractivity contribution in [2.24, 2.45) is 7.05 Å². The minimum atomic E-state index is 0.277. The summed E-state index contributed by atoms with van der Waals surface area (Å²) in [7, 11) is 2.01. The fourth-order valence-corrected chi connectivity index (χ4v) is 2.51. The Morgan fingerprint density at radius 2 is 2.18 bits per heavy atom. The highest BCUT2D eigenvalue weighted by Crippen LogP contribution is 2.21. The van der Waals surface area contributed by atoms with E-state index < -0.39 is 0 Å². The van der Waals surface area contributed by atoms with Gasteiger partial charge in [0.25, 0.3) is 0 Å². The predicted molar refractivity (Wildman–Crippen MR) is 65.5 cm³/mol. The smallest absolute Gasteiger partial charge is 0.146 e. The zero-order valence-electron chi connectivity index (χ0n) is 10.8. The van der Waals surface area contributed by atoms with Crippen molar-refractivity contribution in [1.82, 2.24) is 19.7 Å². The van der Waals surface area contributed by atoms with Gasteiger partial charge in [-0.2, -0.15) is 0 Å². The van der Waals surface area contributed by atoms with Crippen molar-refractivity contribution < 1.29 is 5.11 Å². The van der Waals surface area contributed by atoms with Crippen molar-refractivity contribution in [3.8, 4) is 0 Å². The molecule has 1 fully saturated rings. The number of aryl methyl sites for hydroxylation is 1. The largest absolute Gasteiger partial charge is 0.396 e. The van der Waals surface area contributed by atoms with Crippen molar-refractivity contribution in [1.29, 1.82) is 0 Å². The number of hydrogen-bond donors (Lipinski definition) is 1. The van der Waals surface area contributed by atoms with Gasteiger partial charge in [-0.25, -0.2) is 0 Å². The Labute approximate surface area is 102 Å². The van der Waals surface area contributed by atoms with Crippen LogP contribution in [0.1, 0.15) is 37.3 Å². The molecule has 1 atom stereocenters. The Morgan fingerprint density at radius 1 is 1.35 bits per heavy atom. The fraction of sp³-hybridized carbons (Fsp3) is 0.833. The highest BCUT2D eigenvalue weighted by molar-refractivity contribution is 4.93. The molecule has 1 aromatic rings. The number of aliphatic hydroxyl groups is 1. The zero-order valence-corrected chi connectivity index (χ0v) is 10.8. The van der Waals surface area contributed by atoms with E-state index in [0.717, 1.165) is 31.2 Å². The molecule has 0 spiro atoms. The van der Waals surface area contributed by atoms with Crippen molar-refractivity contribution >= 4 is 0 Å². The second-order valence-electron chi connectivity index (χ2n) is 4.85. The van der Waals surface area contributed by atoms with Crippen molar-refractivity contribution in [2.45, 2.75) is 45.2 Å². The Bertz CT molecular complexity index is 361. The van der Waals surface area contributed by atoms with Crippen molar-refractivity contribution in [2.75, 3.05) is 13.2 Å². The van der Waals surface area contributed by atoms with Gasteiger partial charge in [-0.3, -0.25) is 4.90 Å². The summed E-state index contributed by atoms with van der Waals surface area (Å²) in [5.74, 6) is 1.98. The molecule has 1 aromatic heterocycles. The molecule has 0 bridgehead atoms. The van der Waals surface area contributed by atoms with E-state index in [9.17, 15) is 0 Å². The highest BCUT2D eigenvalue weighted by atomic mass is 16.3. The second kappa shape index (κ2) is 5.60. The number of rotatable bonds is 4. The van der Waals surface area contributed by atoms with Gasteiger partial charge in [-0.1, -0.05) is 6.42 Å². The van der Waals surface area contributed by atoms with Crippen LogP contribution in [-0.2, 0) is 13.6 Å². The summed E-state index contributed by atoms with van der Waals surface area (Å²) in [5.41, 5.74) is 0. The van der Waals surface area contributed by atoms with Gasteiger partial charge < -0.3 is 9.67 Å². The topological polar surface area (TPSA) is 54.2 Å². The summed E-state index contributed by atoms with van der Waals surface area (Å²) in [5, 5.41) is 17.4. The molecular weight excluding hydrogens is 216 g/mol. The normalized spacial score (nSPS) is 21.9. The second-order valence-corrected chi connectivity index (χ2v) is 4.85. The summed E-state index contributed by atoms with van der Waals surface area (Å²) in [4.78, 5) is 2.43. The molecule has 0 amide bonds. The van der Waals surface area contributed by atoms with Crippen molar-refractivity contribution in [3.63, 3.8) is 0 Å². The van der Waals surface area contributed by atoms with E-state index in [1.165, 1.54) is 19.3 Å². The van der Waals surface area contributed by atoms with Gasteiger partial charge in [-0.15, -0.1) is 10.2 Å². The van der Waals surface area contributed by atoms with Crippen LogP contribution in [0.15, 0.2) is 0 Å². The molecule has 0 aromatic carbocycles. The standard InChI is InChI=1S/C12H22N4O/c1-10-13-14-12(15(10)2)9-16-7-4-3-5-11(16)6-8-17/h11,17H,3-9H2,1-2H3. The molecule has 1 saturated heterocycles. The van der Waals surface area contributed by atoms with E-state index in [1.807, 2.05) is 18.5 Å². The molecule has 5 heteroatoms. The van der Waals surface area contributed by atoms with Crippen molar-refractivity contribution in [3.05, 3.63) is 11.6 Å². The molecule has 0 saturated carbocycles. The third-order valence-corrected chi connectivity index (χ3v) is 3.74. The van der Waals surface area contributed by atoms with E-state index in [1.54, 1.807) is 0 Å². The number of aromatic nitrogens is 3. The molecule has 5 nitrogen and oxygen atoms in total. The van der Waals surface area contributed by atoms with E-state index in [0.29, 0.717) is 6.04 Å². The van der Waals surface area contributed by atoms with Crippen LogP contribution in [0.4, 0.5) is 0 Å². The van der Waals surface area contributed by atoms with Crippen LogP contribution in [-0.4, -0.2) is 44.0 Å². The number of hydrogen-bond acceptors (Lipinski definition) is 4. The van der Waals surface area contributed by atoms with Crippen LogP contribution in [0.5, 0.6) is 0 Å². The summed E-state index contributed by atoms with van der Waals surface area (Å²) >= 11 is 0. The molecular formula is C12H22N4O. The van der Waals surface area contributed by atoms with Crippen LogP contribution >= 0.6 is 0 Å². The van der Waals surface area contributed by atoms with Crippen LogP contribution in [0.3, 0.4) is 0 Å². The molecule has 1 aliphatic heterocycles. The highest BCUT2D eigenvalue weighted by Gasteiger charge is 2.23. The Morgan fingerprint density at radius 3 is 2.82 bits per heavy atom. The van der Waals surface area contributed by atoms with E-state index in [4.69, 9.17) is 5.11 Å². The van der Waals surface area contributed by atoms with E-state index in [-0.39, 0.29) is 6.61 Å².